The van der Waals surface area contributed by atoms with Gasteiger partial charge in [0.25, 0.3) is 0 Å². The van der Waals surface area contributed by atoms with Crippen molar-refractivity contribution in [3.05, 3.63) is 0 Å². The molecule has 0 amide bonds. The minimum Gasteiger partial charge on any atom is -0.311 e. The van der Waals surface area contributed by atoms with Gasteiger partial charge in [-0.25, -0.2) is 8.78 Å². The number of alkyl halides is 4. The fourth-order valence-electron chi connectivity index (χ4n) is 0.605. The maximum absolute atomic E-state index is 12.2. The lowest BCUT2D eigenvalue weighted by Gasteiger charge is -2.16. The van der Waals surface area contributed by atoms with Crippen molar-refractivity contribution in [3.8, 4) is 0 Å². The first-order valence-corrected chi connectivity index (χ1v) is 3.73. The zero-order valence-electron chi connectivity index (χ0n) is 7.08. The van der Waals surface area contributed by atoms with Crippen LogP contribution in [0.15, 0.2) is 0 Å². The Hall–Kier alpha value is -0.320. The first kappa shape index (κ1) is 11.7. The molecule has 0 saturated carbocycles. The Balaban J connectivity index is 3.61. The summed E-state index contributed by atoms with van der Waals surface area (Å²) in [5, 5.41) is 2.28. The van der Waals surface area contributed by atoms with Crippen LogP contribution in [0, 0.1) is 5.92 Å². The maximum atomic E-state index is 12.2. The van der Waals surface area contributed by atoms with E-state index in [1.165, 1.54) is 0 Å². The van der Waals surface area contributed by atoms with Crippen molar-refractivity contribution in [2.24, 2.45) is 5.92 Å². The molecule has 0 heterocycles. The van der Waals surface area contributed by atoms with Crippen LogP contribution in [0.2, 0.25) is 0 Å². The van der Waals surface area contributed by atoms with E-state index in [2.05, 4.69) is 5.32 Å². The zero-order valence-corrected chi connectivity index (χ0v) is 7.08. The second kappa shape index (κ2) is 4.64. The Kier molecular flexibility index (Phi) is 4.52. The Labute approximate surface area is 69.1 Å². The number of hydrogen-bond donors (Lipinski definition) is 1. The average molecular weight is 187 g/mol. The van der Waals surface area contributed by atoms with Crippen LogP contribution in [0.1, 0.15) is 13.8 Å². The Morgan fingerprint density at radius 3 is 2.08 bits per heavy atom. The molecule has 5 heteroatoms. The van der Waals surface area contributed by atoms with Gasteiger partial charge >= 0.3 is 12.3 Å². The van der Waals surface area contributed by atoms with E-state index in [0.29, 0.717) is 6.54 Å². The van der Waals surface area contributed by atoms with Gasteiger partial charge in [-0.2, -0.15) is 8.78 Å². The molecule has 74 valence electrons. The summed E-state index contributed by atoms with van der Waals surface area (Å²) in [4.78, 5) is 0. The third-order valence-corrected chi connectivity index (χ3v) is 1.23. The molecule has 1 nitrogen and oxygen atoms in total. The zero-order chi connectivity index (χ0) is 9.78. The molecule has 0 radical (unpaired) electrons. The molecule has 0 saturated heterocycles. The third-order valence-electron chi connectivity index (χ3n) is 1.23. The Morgan fingerprint density at radius 1 is 1.25 bits per heavy atom. The molecule has 0 aliphatic heterocycles. The fraction of sp³-hybridized carbons (Fsp3) is 1.00. The second-order valence-electron chi connectivity index (χ2n) is 3.09. The molecular formula is C7H13F4N. The van der Waals surface area contributed by atoms with Gasteiger partial charge in [0, 0.05) is 0 Å². The summed E-state index contributed by atoms with van der Waals surface area (Å²) in [7, 11) is 0. The summed E-state index contributed by atoms with van der Waals surface area (Å²) >= 11 is 0. The minimum atomic E-state index is -3.91. The van der Waals surface area contributed by atoms with Gasteiger partial charge in [0.05, 0.1) is 6.54 Å². The molecule has 0 fully saturated rings. The monoisotopic (exact) mass is 187 g/mol. The van der Waals surface area contributed by atoms with E-state index in [-0.39, 0.29) is 5.92 Å². The van der Waals surface area contributed by atoms with E-state index in [9.17, 15) is 17.6 Å². The van der Waals surface area contributed by atoms with E-state index < -0.39 is 18.9 Å². The van der Waals surface area contributed by atoms with Crippen LogP contribution < -0.4 is 5.32 Å². The SMILES string of the molecule is CC(C)CNCC(F)(F)C(F)F. The normalized spacial score (nSPS) is 13.0. The summed E-state index contributed by atoms with van der Waals surface area (Å²) in [6.07, 6.45) is -3.59. The molecule has 0 aromatic heterocycles. The number of nitrogens with one attached hydrogen (secondary N) is 1. The van der Waals surface area contributed by atoms with Crippen LogP contribution >= 0.6 is 0 Å². The van der Waals surface area contributed by atoms with Crippen LogP contribution in [0.4, 0.5) is 17.6 Å². The third kappa shape index (κ3) is 4.54. The Morgan fingerprint density at radius 2 is 1.75 bits per heavy atom. The molecule has 0 atom stereocenters. The predicted octanol–water partition coefficient (Wildman–Crippen LogP) is 2.13. The highest BCUT2D eigenvalue weighted by atomic mass is 19.3. The van der Waals surface area contributed by atoms with Crippen molar-refractivity contribution >= 4 is 0 Å². The smallest absolute Gasteiger partial charge is 0.311 e. The van der Waals surface area contributed by atoms with Gasteiger partial charge in [0.15, 0.2) is 0 Å². The van der Waals surface area contributed by atoms with Crippen molar-refractivity contribution in [2.75, 3.05) is 13.1 Å². The summed E-state index contributed by atoms with van der Waals surface area (Å²) in [6, 6.07) is 0. The molecule has 0 aromatic carbocycles. The van der Waals surface area contributed by atoms with Gasteiger partial charge in [-0.05, 0) is 12.5 Å². The maximum Gasteiger partial charge on any atom is 0.319 e. The van der Waals surface area contributed by atoms with Crippen LogP contribution in [0.25, 0.3) is 0 Å². The summed E-state index contributed by atoms with van der Waals surface area (Å²) in [6.45, 7) is 2.99. The molecule has 0 aliphatic rings. The van der Waals surface area contributed by atoms with Crippen molar-refractivity contribution in [3.63, 3.8) is 0 Å². The molecular weight excluding hydrogens is 174 g/mol. The topological polar surface area (TPSA) is 12.0 Å². The average Bonchev–Trinajstić information content (AvgIpc) is 1.85. The Bertz CT molecular complexity index is 125. The predicted molar refractivity (Wildman–Crippen MR) is 38.7 cm³/mol. The number of halogens is 4. The molecule has 0 aromatic rings. The summed E-state index contributed by atoms with van der Waals surface area (Å²) in [5.41, 5.74) is 0. The molecule has 0 rings (SSSR count). The van der Waals surface area contributed by atoms with Crippen LogP contribution in [0.5, 0.6) is 0 Å². The van der Waals surface area contributed by atoms with Crippen molar-refractivity contribution in [1.82, 2.24) is 5.32 Å². The highest BCUT2D eigenvalue weighted by Crippen LogP contribution is 2.21. The first-order valence-electron chi connectivity index (χ1n) is 3.73. The van der Waals surface area contributed by atoms with Gasteiger partial charge in [0.1, 0.15) is 0 Å². The molecule has 0 aliphatic carbocycles. The van der Waals surface area contributed by atoms with Gasteiger partial charge in [-0.3, -0.25) is 0 Å². The quantitative estimate of drug-likeness (QED) is 0.650. The van der Waals surface area contributed by atoms with E-state index in [1.807, 2.05) is 13.8 Å². The lowest BCUT2D eigenvalue weighted by molar-refractivity contribution is -0.125. The van der Waals surface area contributed by atoms with Gasteiger partial charge in [-0.1, -0.05) is 13.8 Å². The first-order chi connectivity index (χ1) is 5.36. The highest BCUT2D eigenvalue weighted by Gasteiger charge is 2.39. The largest absolute Gasteiger partial charge is 0.319 e. The van der Waals surface area contributed by atoms with Crippen molar-refractivity contribution in [2.45, 2.75) is 26.2 Å². The lowest BCUT2D eigenvalue weighted by atomic mass is 10.2. The van der Waals surface area contributed by atoms with Crippen molar-refractivity contribution < 1.29 is 17.6 Å². The van der Waals surface area contributed by atoms with E-state index in [4.69, 9.17) is 0 Å². The van der Waals surface area contributed by atoms with E-state index in [0.717, 1.165) is 0 Å². The van der Waals surface area contributed by atoms with Crippen LogP contribution in [-0.4, -0.2) is 25.4 Å². The number of rotatable bonds is 5. The van der Waals surface area contributed by atoms with E-state index >= 15 is 0 Å². The number of hydrogen-bond acceptors (Lipinski definition) is 1. The van der Waals surface area contributed by atoms with Gasteiger partial charge in [-0.15, -0.1) is 0 Å². The molecule has 12 heavy (non-hydrogen) atoms. The highest BCUT2D eigenvalue weighted by molar-refractivity contribution is 4.72. The molecule has 0 unspecified atom stereocenters. The summed E-state index contributed by atoms with van der Waals surface area (Å²) in [5.74, 6) is -3.73. The molecule has 0 spiro atoms. The van der Waals surface area contributed by atoms with Gasteiger partial charge < -0.3 is 5.32 Å². The standard InChI is InChI=1S/C7H13F4N/c1-5(2)3-12-4-7(10,11)6(8)9/h5-6,12H,3-4H2,1-2H3. The van der Waals surface area contributed by atoms with E-state index in [1.54, 1.807) is 0 Å². The molecule has 0 bridgehead atoms. The van der Waals surface area contributed by atoms with Gasteiger partial charge in [0.2, 0.25) is 0 Å². The van der Waals surface area contributed by atoms with Crippen molar-refractivity contribution in [1.29, 1.82) is 0 Å². The molecule has 1 N–H and O–H groups in total. The summed E-state index contributed by atoms with van der Waals surface area (Å²) < 4.78 is 47.5. The minimum absolute atomic E-state index is 0.179. The fourth-order valence-corrected chi connectivity index (χ4v) is 0.605. The van der Waals surface area contributed by atoms with Crippen LogP contribution in [0.3, 0.4) is 0 Å². The second-order valence-corrected chi connectivity index (χ2v) is 3.09. The lowest BCUT2D eigenvalue weighted by Crippen LogP contribution is -2.40. The van der Waals surface area contributed by atoms with Crippen LogP contribution in [-0.2, 0) is 0 Å².